The molecule has 0 aromatic heterocycles. The van der Waals surface area contributed by atoms with E-state index in [0.717, 1.165) is 0 Å². The Kier molecular flexibility index (Phi) is 5.13. The van der Waals surface area contributed by atoms with Crippen molar-refractivity contribution in [1.82, 2.24) is 5.32 Å². The van der Waals surface area contributed by atoms with Crippen molar-refractivity contribution in [2.75, 3.05) is 5.32 Å². The van der Waals surface area contributed by atoms with Crippen LogP contribution in [0.3, 0.4) is 0 Å². The SMILES string of the molecule is C[C@@H](C(=O)NC(=O)Nc1ccccc1)S(=O)(=O)c1ccccc1. The van der Waals surface area contributed by atoms with Crippen molar-refractivity contribution >= 4 is 27.5 Å². The van der Waals surface area contributed by atoms with Crippen LogP contribution < -0.4 is 10.6 Å². The number of rotatable bonds is 4. The van der Waals surface area contributed by atoms with Gasteiger partial charge in [-0.15, -0.1) is 0 Å². The predicted molar refractivity (Wildman–Crippen MR) is 86.7 cm³/mol. The number of nitrogens with one attached hydrogen (secondary N) is 2. The number of para-hydroxylation sites is 1. The average molecular weight is 332 g/mol. The van der Waals surface area contributed by atoms with E-state index in [4.69, 9.17) is 0 Å². The molecule has 3 amide bonds. The van der Waals surface area contributed by atoms with Gasteiger partial charge in [-0.3, -0.25) is 10.1 Å². The van der Waals surface area contributed by atoms with Gasteiger partial charge < -0.3 is 5.32 Å². The highest BCUT2D eigenvalue weighted by Gasteiger charge is 2.30. The number of amides is 3. The van der Waals surface area contributed by atoms with E-state index in [2.05, 4.69) is 5.32 Å². The van der Waals surface area contributed by atoms with Crippen molar-refractivity contribution < 1.29 is 18.0 Å². The Balaban J connectivity index is 2.04. The van der Waals surface area contributed by atoms with Crippen molar-refractivity contribution in [3.63, 3.8) is 0 Å². The first-order chi connectivity index (χ1) is 10.9. The van der Waals surface area contributed by atoms with Crippen LogP contribution in [-0.4, -0.2) is 25.6 Å². The lowest BCUT2D eigenvalue weighted by Crippen LogP contribution is -2.43. The monoisotopic (exact) mass is 332 g/mol. The van der Waals surface area contributed by atoms with E-state index in [1.54, 1.807) is 48.5 Å². The Morgan fingerprint density at radius 2 is 1.43 bits per heavy atom. The van der Waals surface area contributed by atoms with E-state index in [0.29, 0.717) is 5.69 Å². The minimum Gasteiger partial charge on any atom is -0.308 e. The molecule has 23 heavy (non-hydrogen) atoms. The van der Waals surface area contributed by atoms with Crippen LogP contribution in [-0.2, 0) is 14.6 Å². The highest BCUT2D eigenvalue weighted by atomic mass is 32.2. The molecule has 0 heterocycles. The van der Waals surface area contributed by atoms with Crippen molar-refractivity contribution in [3.8, 4) is 0 Å². The Morgan fingerprint density at radius 1 is 0.913 bits per heavy atom. The third-order valence-corrected chi connectivity index (χ3v) is 5.25. The Bertz CT molecular complexity index is 789. The zero-order chi connectivity index (χ0) is 16.9. The molecule has 7 heteroatoms. The first-order valence-electron chi connectivity index (χ1n) is 6.87. The molecular formula is C16H16N2O4S. The second-order valence-corrected chi connectivity index (χ2v) is 7.08. The summed E-state index contributed by atoms with van der Waals surface area (Å²) in [6, 6.07) is 15.4. The van der Waals surface area contributed by atoms with E-state index in [-0.39, 0.29) is 4.90 Å². The van der Waals surface area contributed by atoms with Gasteiger partial charge in [0.2, 0.25) is 5.91 Å². The number of benzene rings is 2. The van der Waals surface area contributed by atoms with Gasteiger partial charge >= 0.3 is 6.03 Å². The van der Waals surface area contributed by atoms with Crippen LogP contribution in [0.4, 0.5) is 10.5 Å². The maximum atomic E-state index is 12.3. The first-order valence-corrected chi connectivity index (χ1v) is 8.42. The number of sulfone groups is 1. The molecule has 0 fully saturated rings. The molecule has 0 aliphatic heterocycles. The summed E-state index contributed by atoms with van der Waals surface area (Å²) in [5, 5.41) is 3.11. The fraction of sp³-hybridized carbons (Fsp3) is 0.125. The van der Waals surface area contributed by atoms with Crippen LogP contribution in [0, 0.1) is 0 Å². The number of hydrogen-bond acceptors (Lipinski definition) is 4. The normalized spacial score (nSPS) is 12.2. The van der Waals surface area contributed by atoms with Gasteiger partial charge in [-0.25, -0.2) is 13.2 Å². The number of carbonyl (C=O) groups excluding carboxylic acids is 2. The zero-order valence-electron chi connectivity index (χ0n) is 12.4. The van der Waals surface area contributed by atoms with Gasteiger partial charge in [-0.2, -0.15) is 0 Å². The molecule has 0 radical (unpaired) electrons. The standard InChI is InChI=1S/C16H16N2O4S/c1-12(23(21,22)14-10-6-3-7-11-14)15(19)18-16(20)17-13-8-4-2-5-9-13/h2-12H,1H3,(H2,17,18,19,20)/t12-/m0/s1. The van der Waals surface area contributed by atoms with E-state index in [9.17, 15) is 18.0 Å². The lowest BCUT2D eigenvalue weighted by atomic mass is 10.3. The largest absolute Gasteiger partial charge is 0.325 e. The van der Waals surface area contributed by atoms with Gasteiger partial charge in [0.1, 0.15) is 5.25 Å². The quantitative estimate of drug-likeness (QED) is 0.898. The van der Waals surface area contributed by atoms with Crippen LogP contribution in [0.2, 0.25) is 0 Å². The van der Waals surface area contributed by atoms with Gasteiger partial charge in [0.15, 0.2) is 9.84 Å². The number of anilines is 1. The molecule has 1 atom stereocenters. The van der Waals surface area contributed by atoms with Crippen LogP contribution in [0.5, 0.6) is 0 Å². The number of carbonyl (C=O) groups is 2. The van der Waals surface area contributed by atoms with E-state index in [1.807, 2.05) is 5.32 Å². The van der Waals surface area contributed by atoms with Crippen LogP contribution in [0.1, 0.15) is 6.92 Å². The summed E-state index contributed by atoms with van der Waals surface area (Å²) in [5.74, 6) is -0.887. The molecule has 0 aliphatic carbocycles. The first kappa shape index (κ1) is 16.7. The summed E-state index contributed by atoms with van der Waals surface area (Å²) >= 11 is 0. The zero-order valence-corrected chi connectivity index (χ0v) is 13.2. The van der Waals surface area contributed by atoms with Crippen molar-refractivity contribution in [1.29, 1.82) is 0 Å². The van der Waals surface area contributed by atoms with Crippen LogP contribution >= 0.6 is 0 Å². The number of imide groups is 1. The fourth-order valence-corrected chi connectivity index (χ4v) is 3.14. The summed E-state index contributed by atoms with van der Waals surface area (Å²) in [6.45, 7) is 1.24. The second-order valence-electron chi connectivity index (χ2n) is 4.81. The maximum Gasteiger partial charge on any atom is 0.325 e. The lowest BCUT2D eigenvalue weighted by Gasteiger charge is -2.13. The summed E-state index contributed by atoms with van der Waals surface area (Å²) in [4.78, 5) is 23.8. The van der Waals surface area contributed by atoms with Gasteiger partial charge in [0.05, 0.1) is 4.90 Å². The molecule has 0 spiro atoms. The van der Waals surface area contributed by atoms with Gasteiger partial charge in [-0.05, 0) is 31.2 Å². The minimum atomic E-state index is -3.85. The van der Waals surface area contributed by atoms with Gasteiger partial charge in [-0.1, -0.05) is 36.4 Å². The van der Waals surface area contributed by atoms with E-state index >= 15 is 0 Å². The second kappa shape index (κ2) is 7.06. The fourth-order valence-electron chi connectivity index (χ4n) is 1.85. The number of urea groups is 1. The average Bonchev–Trinajstić information content (AvgIpc) is 2.55. The van der Waals surface area contributed by atoms with Crippen LogP contribution in [0.15, 0.2) is 65.6 Å². The van der Waals surface area contributed by atoms with Crippen molar-refractivity contribution in [2.24, 2.45) is 0 Å². The van der Waals surface area contributed by atoms with E-state index in [1.165, 1.54) is 19.1 Å². The molecule has 0 bridgehead atoms. The molecule has 0 unspecified atom stereocenters. The molecule has 2 rings (SSSR count). The molecule has 0 saturated heterocycles. The molecule has 0 aliphatic rings. The summed E-state index contributed by atoms with van der Waals surface area (Å²) in [7, 11) is -3.85. The van der Waals surface area contributed by atoms with Crippen LogP contribution in [0.25, 0.3) is 0 Å². The van der Waals surface area contributed by atoms with Gasteiger partial charge in [0.25, 0.3) is 0 Å². The third-order valence-electron chi connectivity index (χ3n) is 3.17. The number of hydrogen-bond donors (Lipinski definition) is 2. The van der Waals surface area contributed by atoms with Crippen molar-refractivity contribution in [3.05, 3.63) is 60.7 Å². The molecule has 120 valence electrons. The molecule has 0 saturated carbocycles. The molecule has 6 nitrogen and oxygen atoms in total. The summed E-state index contributed by atoms with van der Waals surface area (Å²) in [5.41, 5.74) is 0.497. The molecular weight excluding hydrogens is 316 g/mol. The van der Waals surface area contributed by atoms with E-state index < -0.39 is 27.0 Å². The highest BCUT2D eigenvalue weighted by Crippen LogP contribution is 2.15. The topological polar surface area (TPSA) is 92.3 Å². The molecule has 2 N–H and O–H groups in total. The summed E-state index contributed by atoms with van der Waals surface area (Å²) < 4.78 is 24.6. The minimum absolute atomic E-state index is 0.0334. The lowest BCUT2D eigenvalue weighted by molar-refractivity contribution is -0.119. The van der Waals surface area contributed by atoms with Crippen molar-refractivity contribution in [2.45, 2.75) is 17.1 Å². The predicted octanol–water partition coefficient (Wildman–Crippen LogP) is 2.20. The summed E-state index contributed by atoms with van der Waals surface area (Å²) in [6.07, 6.45) is 0. The third kappa shape index (κ3) is 4.17. The van der Waals surface area contributed by atoms with Gasteiger partial charge in [0, 0.05) is 5.69 Å². The Labute approximate surface area is 134 Å². The highest BCUT2D eigenvalue weighted by molar-refractivity contribution is 7.92. The maximum absolute atomic E-state index is 12.3. The smallest absolute Gasteiger partial charge is 0.308 e. The Hall–Kier alpha value is -2.67. The Morgan fingerprint density at radius 3 is 2.00 bits per heavy atom. The molecule has 2 aromatic carbocycles. The molecule has 2 aromatic rings.